The molecule has 1 atom stereocenters. The van der Waals surface area contributed by atoms with Gasteiger partial charge in [-0.2, -0.15) is 0 Å². The molecule has 76 valence electrons. The van der Waals surface area contributed by atoms with Gasteiger partial charge in [-0.3, -0.25) is 9.59 Å². The molecule has 0 aromatic rings. The largest absolute Gasteiger partial charge is 0.481 e. The van der Waals surface area contributed by atoms with Crippen molar-refractivity contribution in [1.82, 2.24) is 0 Å². The Labute approximate surface area is 76.6 Å². The molecule has 0 aliphatic heterocycles. The molecule has 0 saturated heterocycles. The van der Waals surface area contributed by atoms with E-state index in [-0.39, 0.29) is 13.0 Å². The number of ether oxygens (including phenoxy) is 2. The Balaban J connectivity index is 3.79. The van der Waals surface area contributed by atoms with Crippen LogP contribution in [0.15, 0.2) is 0 Å². The monoisotopic (exact) mass is 190 g/mol. The fraction of sp³-hybridized carbons (Fsp3) is 0.750. The SMILES string of the molecule is CCOC(COC(C)=O)CC(=O)O. The smallest absolute Gasteiger partial charge is 0.306 e. The zero-order valence-corrected chi connectivity index (χ0v) is 7.78. The number of rotatable bonds is 6. The Kier molecular flexibility index (Phi) is 5.88. The van der Waals surface area contributed by atoms with E-state index in [1.807, 2.05) is 0 Å². The molecule has 0 bridgehead atoms. The van der Waals surface area contributed by atoms with Gasteiger partial charge >= 0.3 is 11.9 Å². The molecule has 0 amide bonds. The molecule has 0 saturated carbocycles. The molecule has 0 aromatic heterocycles. The molecule has 0 spiro atoms. The summed E-state index contributed by atoms with van der Waals surface area (Å²) in [6.07, 6.45) is -0.701. The van der Waals surface area contributed by atoms with E-state index in [1.54, 1.807) is 6.92 Å². The van der Waals surface area contributed by atoms with E-state index in [9.17, 15) is 9.59 Å². The second-order valence-electron chi connectivity index (χ2n) is 2.48. The second kappa shape index (κ2) is 6.42. The first-order chi connectivity index (χ1) is 6.06. The van der Waals surface area contributed by atoms with Crippen molar-refractivity contribution < 1.29 is 24.2 Å². The molecule has 0 fully saturated rings. The van der Waals surface area contributed by atoms with Crippen molar-refractivity contribution in [2.24, 2.45) is 0 Å². The number of aliphatic carboxylic acids is 1. The molecule has 1 unspecified atom stereocenters. The standard InChI is InChI=1S/C8H14O5/c1-3-12-7(4-8(10)11)5-13-6(2)9/h7H,3-5H2,1-2H3,(H,10,11). The minimum absolute atomic E-state index is 0.00449. The topological polar surface area (TPSA) is 72.8 Å². The van der Waals surface area contributed by atoms with Crippen LogP contribution >= 0.6 is 0 Å². The third-order valence-corrected chi connectivity index (χ3v) is 1.28. The van der Waals surface area contributed by atoms with E-state index in [0.717, 1.165) is 0 Å². The van der Waals surface area contributed by atoms with Crippen LogP contribution in [0.5, 0.6) is 0 Å². The van der Waals surface area contributed by atoms with Gasteiger partial charge in [-0.1, -0.05) is 0 Å². The minimum Gasteiger partial charge on any atom is -0.481 e. The maximum absolute atomic E-state index is 10.4. The highest BCUT2D eigenvalue weighted by molar-refractivity contribution is 5.68. The fourth-order valence-electron chi connectivity index (χ4n) is 0.807. The first-order valence-electron chi connectivity index (χ1n) is 4.03. The summed E-state index contributed by atoms with van der Waals surface area (Å²) in [5.41, 5.74) is 0. The number of carboxylic acid groups (broad SMARTS) is 1. The van der Waals surface area contributed by atoms with Gasteiger partial charge < -0.3 is 14.6 Å². The summed E-state index contributed by atoms with van der Waals surface area (Å²) >= 11 is 0. The van der Waals surface area contributed by atoms with Crippen molar-refractivity contribution in [2.75, 3.05) is 13.2 Å². The lowest BCUT2D eigenvalue weighted by Crippen LogP contribution is -2.24. The number of carboxylic acids is 1. The quantitative estimate of drug-likeness (QED) is 0.615. The highest BCUT2D eigenvalue weighted by Crippen LogP contribution is 1.99. The first-order valence-corrected chi connectivity index (χ1v) is 4.03. The molecule has 0 rings (SSSR count). The van der Waals surface area contributed by atoms with E-state index in [1.165, 1.54) is 6.92 Å². The molecule has 0 heterocycles. The van der Waals surface area contributed by atoms with Gasteiger partial charge in [-0.15, -0.1) is 0 Å². The van der Waals surface area contributed by atoms with E-state index in [4.69, 9.17) is 9.84 Å². The van der Waals surface area contributed by atoms with Crippen LogP contribution in [0.2, 0.25) is 0 Å². The maximum atomic E-state index is 10.4. The van der Waals surface area contributed by atoms with E-state index < -0.39 is 18.0 Å². The Hall–Kier alpha value is -1.10. The van der Waals surface area contributed by atoms with Gasteiger partial charge in [0.25, 0.3) is 0 Å². The summed E-state index contributed by atoms with van der Waals surface area (Å²) in [7, 11) is 0. The lowest BCUT2D eigenvalue weighted by Gasteiger charge is -2.13. The molecule has 0 radical (unpaired) electrons. The zero-order chi connectivity index (χ0) is 10.3. The summed E-state index contributed by atoms with van der Waals surface area (Å²) in [6, 6.07) is 0. The third kappa shape index (κ3) is 7.27. The van der Waals surface area contributed by atoms with Crippen molar-refractivity contribution in [3.05, 3.63) is 0 Å². The zero-order valence-electron chi connectivity index (χ0n) is 7.78. The molecular formula is C8H14O5. The van der Waals surface area contributed by atoms with Gasteiger partial charge in [0.05, 0.1) is 6.42 Å². The number of hydrogen-bond acceptors (Lipinski definition) is 4. The Morgan fingerprint density at radius 3 is 2.46 bits per heavy atom. The summed E-state index contributed by atoms with van der Waals surface area (Å²) in [5.74, 6) is -1.40. The summed E-state index contributed by atoms with van der Waals surface area (Å²) < 4.78 is 9.68. The average Bonchev–Trinajstić information content (AvgIpc) is 1.99. The van der Waals surface area contributed by atoms with E-state index >= 15 is 0 Å². The van der Waals surface area contributed by atoms with Crippen LogP contribution in [-0.2, 0) is 19.1 Å². The van der Waals surface area contributed by atoms with Gasteiger partial charge in [-0.05, 0) is 6.92 Å². The molecule has 5 nitrogen and oxygen atoms in total. The van der Waals surface area contributed by atoms with E-state index in [2.05, 4.69) is 4.74 Å². The molecule has 0 aromatic carbocycles. The predicted octanol–water partition coefficient (Wildman–Crippen LogP) is 0.429. The molecular weight excluding hydrogens is 176 g/mol. The van der Waals surface area contributed by atoms with Crippen LogP contribution in [0.1, 0.15) is 20.3 Å². The number of esters is 1. The average molecular weight is 190 g/mol. The van der Waals surface area contributed by atoms with Crippen LogP contribution in [0.4, 0.5) is 0 Å². The summed E-state index contributed by atoms with van der Waals surface area (Å²) in [4.78, 5) is 20.7. The van der Waals surface area contributed by atoms with Crippen molar-refractivity contribution in [3.63, 3.8) is 0 Å². The Bertz CT molecular complexity index is 177. The van der Waals surface area contributed by atoms with Gasteiger partial charge in [0, 0.05) is 13.5 Å². The lowest BCUT2D eigenvalue weighted by atomic mass is 10.3. The maximum Gasteiger partial charge on any atom is 0.306 e. The van der Waals surface area contributed by atoms with Gasteiger partial charge in [-0.25, -0.2) is 0 Å². The molecule has 5 heteroatoms. The number of carbonyl (C=O) groups excluding carboxylic acids is 1. The molecule has 0 aliphatic rings. The van der Waals surface area contributed by atoms with Crippen LogP contribution in [0.3, 0.4) is 0 Å². The van der Waals surface area contributed by atoms with Gasteiger partial charge in [0.1, 0.15) is 12.7 Å². The van der Waals surface area contributed by atoms with Gasteiger partial charge in [0.15, 0.2) is 0 Å². The van der Waals surface area contributed by atoms with Crippen LogP contribution in [-0.4, -0.2) is 36.4 Å². The molecule has 1 N–H and O–H groups in total. The molecule has 0 aliphatic carbocycles. The van der Waals surface area contributed by atoms with Crippen LogP contribution < -0.4 is 0 Å². The van der Waals surface area contributed by atoms with Crippen LogP contribution in [0, 0.1) is 0 Å². The van der Waals surface area contributed by atoms with Gasteiger partial charge in [0.2, 0.25) is 0 Å². The normalized spacial score (nSPS) is 12.2. The van der Waals surface area contributed by atoms with Crippen molar-refractivity contribution >= 4 is 11.9 Å². The Morgan fingerprint density at radius 1 is 1.46 bits per heavy atom. The van der Waals surface area contributed by atoms with Crippen molar-refractivity contribution in [2.45, 2.75) is 26.4 Å². The number of carbonyl (C=O) groups is 2. The minimum atomic E-state index is -0.967. The predicted molar refractivity (Wildman–Crippen MR) is 44.3 cm³/mol. The summed E-state index contributed by atoms with van der Waals surface area (Å²) in [5, 5.41) is 8.46. The highest BCUT2D eigenvalue weighted by Gasteiger charge is 2.14. The highest BCUT2D eigenvalue weighted by atomic mass is 16.6. The fourth-order valence-corrected chi connectivity index (χ4v) is 0.807. The summed E-state index contributed by atoms with van der Waals surface area (Å²) in [6.45, 7) is 3.42. The molecule has 13 heavy (non-hydrogen) atoms. The number of hydrogen-bond donors (Lipinski definition) is 1. The third-order valence-electron chi connectivity index (χ3n) is 1.28. The Morgan fingerprint density at radius 2 is 2.08 bits per heavy atom. The van der Waals surface area contributed by atoms with Crippen molar-refractivity contribution in [3.8, 4) is 0 Å². The first kappa shape index (κ1) is 11.9. The van der Waals surface area contributed by atoms with Crippen molar-refractivity contribution in [1.29, 1.82) is 0 Å². The second-order valence-corrected chi connectivity index (χ2v) is 2.48. The van der Waals surface area contributed by atoms with E-state index in [0.29, 0.717) is 6.61 Å². The van der Waals surface area contributed by atoms with Crippen LogP contribution in [0.25, 0.3) is 0 Å². The lowest BCUT2D eigenvalue weighted by molar-refractivity contribution is -0.150.